The van der Waals surface area contributed by atoms with Gasteiger partial charge in [0.05, 0.1) is 18.4 Å². The van der Waals surface area contributed by atoms with Gasteiger partial charge in [-0.2, -0.15) is 10.1 Å². The number of aromatic nitrogens is 5. The Morgan fingerprint density at radius 3 is 2.63 bits per heavy atom. The first-order chi connectivity index (χ1) is 12.8. The molecule has 3 rings (SSSR count). The molecule has 0 aliphatic carbocycles. The van der Waals surface area contributed by atoms with E-state index in [1.54, 1.807) is 6.20 Å². The number of fused-ring (bicyclic) bond motifs is 1. The molecule has 3 aromatic heterocycles. The average Bonchev–Trinajstić information content (AvgIpc) is 3.19. The molecule has 0 aliphatic heterocycles. The third-order valence-electron chi connectivity index (χ3n) is 4.21. The predicted molar refractivity (Wildman–Crippen MR) is 108 cm³/mol. The van der Waals surface area contributed by atoms with Gasteiger partial charge >= 0.3 is 0 Å². The van der Waals surface area contributed by atoms with E-state index in [-0.39, 0.29) is 18.1 Å². The van der Waals surface area contributed by atoms with Gasteiger partial charge in [-0.15, -0.1) is 0 Å². The third-order valence-corrected chi connectivity index (χ3v) is 4.47. The van der Waals surface area contributed by atoms with E-state index in [9.17, 15) is 0 Å². The van der Waals surface area contributed by atoms with Gasteiger partial charge in [0.2, 0.25) is 5.78 Å². The van der Waals surface area contributed by atoms with Gasteiger partial charge in [0.1, 0.15) is 11.5 Å². The van der Waals surface area contributed by atoms with Crippen LogP contribution in [0.15, 0.2) is 18.5 Å². The van der Waals surface area contributed by atoms with Crippen molar-refractivity contribution in [3.63, 3.8) is 0 Å². The number of imidazole rings is 1. The van der Waals surface area contributed by atoms with E-state index < -0.39 is 0 Å². The van der Waals surface area contributed by atoms with Gasteiger partial charge in [0, 0.05) is 24.1 Å². The molecule has 1 unspecified atom stereocenters. The third kappa shape index (κ3) is 4.09. The van der Waals surface area contributed by atoms with Crippen molar-refractivity contribution in [2.75, 3.05) is 11.9 Å². The second-order valence-corrected chi connectivity index (χ2v) is 7.76. The zero-order valence-electron chi connectivity index (χ0n) is 16.7. The lowest BCUT2D eigenvalue weighted by molar-refractivity contribution is 0.0742. The van der Waals surface area contributed by atoms with Gasteiger partial charge in [0.25, 0.3) is 0 Å². The van der Waals surface area contributed by atoms with Crippen LogP contribution in [0.25, 0.3) is 11.5 Å². The van der Waals surface area contributed by atoms with Crippen molar-refractivity contribution in [3.8, 4) is 5.69 Å². The summed E-state index contributed by atoms with van der Waals surface area (Å²) < 4.78 is 9.53. The lowest BCUT2D eigenvalue weighted by atomic mass is 10.1. The molecule has 7 nitrogen and oxygen atoms in total. The van der Waals surface area contributed by atoms with Crippen LogP contribution in [0.2, 0.25) is 5.15 Å². The van der Waals surface area contributed by atoms with Crippen LogP contribution in [0, 0.1) is 6.92 Å². The largest absolute Gasteiger partial charge is 0.377 e. The van der Waals surface area contributed by atoms with E-state index >= 15 is 0 Å². The zero-order chi connectivity index (χ0) is 19.7. The maximum Gasteiger partial charge on any atom is 0.236 e. The molecule has 0 radical (unpaired) electrons. The number of hydrogen-bond acceptors (Lipinski definition) is 5. The average molecular weight is 391 g/mol. The molecule has 27 heavy (non-hydrogen) atoms. The SMILES string of the molecule is Cc1cc(C(C)C)n(-c2c(Cl)nc3nccn3c2NC(C)COC(C)C)n1. The molecule has 0 saturated heterocycles. The maximum absolute atomic E-state index is 6.60. The highest BCUT2D eigenvalue weighted by Crippen LogP contribution is 2.31. The lowest BCUT2D eigenvalue weighted by Crippen LogP contribution is -2.26. The minimum absolute atomic E-state index is 0.0642. The fourth-order valence-electron chi connectivity index (χ4n) is 2.95. The van der Waals surface area contributed by atoms with Crippen LogP contribution in [-0.2, 0) is 4.74 Å². The topological polar surface area (TPSA) is 69.3 Å². The first-order valence-corrected chi connectivity index (χ1v) is 9.63. The second-order valence-electron chi connectivity index (χ2n) is 7.40. The Bertz CT molecular complexity index is 930. The van der Waals surface area contributed by atoms with Crippen molar-refractivity contribution in [1.29, 1.82) is 0 Å². The Labute approximate surface area is 164 Å². The van der Waals surface area contributed by atoms with Crippen molar-refractivity contribution in [2.45, 2.75) is 59.6 Å². The van der Waals surface area contributed by atoms with E-state index in [4.69, 9.17) is 16.3 Å². The summed E-state index contributed by atoms with van der Waals surface area (Å²) in [4.78, 5) is 8.73. The monoisotopic (exact) mass is 390 g/mol. The predicted octanol–water partition coefficient (Wildman–Crippen LogP) is 4.23. The molecule has 3 heterocycles. The summed E-state index contributed by atoms with van der Waals surface area (Å²) in [7, 11) is 0. The Kier molecular flexibility index (Phi) is 5.72. The Morgan fingerprint density at radius 2 is 1.96 bits per heavy atom. The fourth-order valence-corrected chi connectivity index (χ4v) is 3.20. The van der Waals surface area contributed by atoms with Crippen molar-refractivity contribution in [3.05, 3.63) is 35.0 Å². The Balaban J connectivity index is 2.13. The number of rotatable bonds is 7. The first-order valence-electron chi connectivity index (χ1n) is 9.25. The summed E-state index contributed by atoms with van der Waals surface area (Å²) in [5.41, 5.74) is 2.72. The molecule has 0 aromatic carbocycles. The number of nitrogens with one attached hydrogen (secondary N) is 1. The quantitative estimate of drug-likeness (QED) is 0.611. The van der Waals surface area contributed by atoms with E-state index in [1.165, 1.54) is 0 Å². The van der Waals surface area contributed by atoms with E-state index in [2.05, 4.69) is 47.2 Å². The molecule has 146 valence electrons. The van der Waals surface area contributed by atoms with Crippen LogP contribution in [0.1, 0.15) is 51.9 Å². The summed E-state index contributed by atoms with van der Waals surface area (Å²) in [5, 5.41) is 8.57. The molecule has 1 N–H and O–H groups in total. The number of ether oxygens (including phenoxy) is 1. The Morgan fingerprint density at radius 1 is 1.22 bits per heavy atom. The number of halogens is 1. The minimum atomic E-state index is 0.0642. The zero-order valence-corrected chi connectivity index (χ0v) is 17.4. The number of anilines is 1. The summed E-state index contributed by atoms with van der Waals surface area (Å²) in [6.45, 7) is 12.9. The van der Waals surface area contributed by atoms with Crippen molar-refractivity contribution in [1.82, 2.24) is 24.1 Å². The standard InChI is InChI=1S/C19H27ClN6O/c1-11(2)15-9-13(5)24-26(15)16-17(20)23-19-21-7-8-25(19)18(16)22-14(6)10-27-12(3)4/h7-9,11-12,14,22H,10H2,1-6H3. The number of hydrogen-bond donors (Lipinski definition) is 1. The summed E-state index contributed by atoms with van der Waals surface area (Å²) in [5.74, 6) is 1.63. The molecule has 1 atom stereocenters. The van der Waals surface area contributed by atoms with Crippen LogP contribution in [-0.4, -0.2) is 42.9 Å². The first kappa shape index (κ1) is 19.6. The van der Waals surface area contributed by atoms with Crippen LogP contribution >= 0.6 is 11.6 Å². The Hall–Kier alpha value is -2.12. The molecular weight excluding hydrogens is 364 g/mol. The number of nitrogens with zero attached hydrogens (tertiary/aromatic N) is 5. The van der Waals surface area contributed by atoms with E-state index in [0.29, 0.717) is 17.5 Å². The molecule has 0 saturated carbocycles. The molecule has 8 heteroatoms. The van der Waals surface area contributed by atoms with Crippen molar-refractivity contribution < 1.29 is 4.74 Å². The minimum Gasteiger partial charge on any atom is -0.377 e. The van der Waals surface area contributed by atoms with Crippen LogP contribution in [0.3, 0.4) is 0 Å². The van der Waals surface area contributed by atoms with Gasteiger partial charge in [-0.3, -0.25) is 4.40 Å². The fraction of sp³-hybridized carbons (Fsp3) is 0.526. The van der Waals surface area contributed by atoms with E-state index in [1.807, 2.05) is 36.1 Å². The summed E-state index contributed by atoms with van der Waals surface area (Å²) >= 11 is 6.60. The number of aryl methyl sites for hydroxylation is 1. The molecule has 0 fully saturated rings. The lowest BCUT2D eigenvalue weighted by Gasteiger charge is -2.22. The van der Waals surface area contributed by atoms with Crippen LogP contribution in [0.5, 0.6) is 0 Å². The van der Waals surface area contributed by atoms with Crippen LogP contribution in [0.4, 0.5) is 5.82 Å². The molecule has 3 aromatic rings. The highest BCUT2D eigenvalue weighted by Gasteiger charge is 2.22. The normalized spacial score (nSPS) is 13.1. The smallest absolute Gasteiger partial charge is 0.236 e. The molecular formula is C19H27ClN6O. The van der Waals surface area contributed by atoms with Crippen molar-refractivity contribution in [2.24, 2.45) is 0 Å². The van der Waals surface area contributed by atoms with Crippen LogP contribution < -0.4 is 5.32 Å². The second kappa shape index (κ2) is 7.86. The highest BCUT2D eigenvalue weighted by molar-refractivity contribution is 6.31. The maximum atomic E-state index is 6.60. The molecule has 0 spiro atoms. The molecule has 0 bridgehead atoms. The van der Waals surface area contributed by atoms with Crippen molar-refractivity contribution >= 4 is 23.2 Å². The van der Waals surface area contributed by atoms with Gasteiger partial charge < -0.3 is 10.1 Å². The summed E-state index contributed by atoms with van der Waals surface area (Å²) in [6.07, 6.45) is 3.75. The van der Waals surface area contributed by atoms with Gasteiger partial charge in [0.15, 0.2) is 5.15 Å². The summed E-state index contributed by atoms with van der Waals surface area (Å²) in [6, 6.07) is 2.14. The molecule has 0 aliphatic rings. The van der Waals surface area contributed by atoms with Gasteiger partial charge in [-0.25, -0.2) is 9.67 Å². The van der Waals surface area contributed by atoms with E-state index in [0.717, 1.165) is 22.9 Å². The van der Waals surface area contributed by atoms with Gasteiger partial charge in [-0.05, 0) is 39.7 Å². The van der Waals surface area contributed by atoms with Gasteiger partial charge in [-0.1, -0.05) is 25.4 Å². The molecule has 0 amide bonds. The highest BCUT2D eigenvalue weighted by atomic mass is 35.5.